The molecule has 1 heterocycles. The summed E-state index contributed by atoms with van der Waals surface area (Å²) in [5, 5.41) is 0. The summed E-state index contributed by atoms with van der Waals surface area (Å²) in [4.78, 5) is 25.4. The van der Waals surface area contributed by atoms with E-state index in [0.29, 0.717) is 18.7 Å². The van der Waals surface area contributed by atoms with Gasteiger partial charge in [-0.2, -0.15) is 0 Å². The highest BCUT2D eigenvalue weighted by atomic mass is 16.6. The van der Waals surface area contributed by atoms with Crippen LogP contribution in [-0.4, -0.2) is 55.0 Å². The first-order valence-electron chi connectivity index (χ1n) is 7.03. The van der Waals surface area contributed by atoms with Gasteiger partial charge in [0, 0.05) is 12.1 Å². The Morgan fingerprint density at radius 2 is 1.95 bits per heavy atom. The van der Waals surface area contributed by atoms with Crippen molar-refractivity contribution in [2.75, 3.05) is 20.3 Å². The number of hydrogen-bond donors (Lipinski definition) is 0. The molecule has 0 aromatic rings. The summed E-state index contributed by atoms with van der Waals surface area (Å²) in [7, 11) is 1.33. The first-order valence-corrected chi connectivity index (χ1v) is 7.03. The Balaban J connectivity index is 2.94. The van der Waals surface area contributed by atoms with E-state index in [1.165, 1.54) is 7.11 Å². The van der Waals surface area contributed by atoms with Crippen molar-refractivity contribution < 1.29 is 23.8 Å². The summed E-state index contributed by atoms with van der Waals surface area (Å²) in [5.74, 6) is -0.420. The quantitative estimate of drug-likeness (QED) is 0.577. The van der Waals surface area contributed by atoms with Crippen molar-refractivity contribution in [3.05, 3.63) is 11.6 Å². The molecule has 1 fully saturated rings. The molecule has 21 heavy (non-hydrogen) atoms. The zero-order valence-corrected chi connectivity index (χ0v) is 13.6. The van der Waals surface area contributed by atoms with Crippen molar-refractivity contribution in [1.82, 2.24) is 4.90 Å². The lowest BCUT2D eigenvalue weighted by molar-refractivity contribution is -0.136. The third-order valence-electron chi connectivity index (χ3n) is 3.11. The number of esters is 1. The molecule has 0 aliphatic carbocycles. The zero-order chi connectivity index (χ0) is 16.2. The Labute approximate surface area is 126 Å². The van der Waals surface area contributed by atoms with Crippen molar-refractivity contribution >= 4 is 12.1 Å². The lowest BCUT2D eigenvalue weighted by atomic mass is 10.1. The second-order valence-corrected chi connectivity index (χ2v) is 6.08. The van der Waals surface area contributed by atoms with E-state index in [2.05, 4.69) is 4.74 Å². The van der Waals surface area contributed by atoms with Gasteiger partial charge in [-0.3, -0.25) is 4.90 Å². The summed E-state index contributed by atoms with van der Waals surface area (Å²) in [5.41, 5.74) is -0.127. The summed E-state index contributed by atoms with van der Waals surface area (Å²) in [6, 6.07) is -0.354. The molecule has 1 amide bonds. The smallest absolute Gasteiger partial charge is 0.410 e. The van der Waals surface area contributed by atoms with Crippen LogP contribution in [0.25, 0.3) is 0 Å². The van der Waals surface area contributed by atoms with Crippen molar-refractivity contribution in [2.45, 2.75) is 52.4 Å². The fourth-order valence-corrected chi connectivity index (χ4v) is 2.08. The third-order valence-corrected chi connectivity index (χ3v) is 3.11. The maximum absolute atomic E-state index is 12.3. The number of methoxy groups -OCH3 is 1. The van der Waals surface area contributed by atoms with Crippen LogP contribution in [0, 0.1) is 0 Å². The van der Waals surface area contributed by atoms with Gasteiger partial charge in [-0.1, -0.05) is 0 Å². The highest BCUT2D eigenvalue weighted by Crippen LogP contribution is 2.20. The van der Waals surface area contributed by atoms with Crippen LogP contribution in [-0.2, 0) is 19.0 Å². The molecule has 6 nitrogen and oxygen atoms in total. The number of carbonyl (C=O) groups excluding carboxylic acids is 2. The van der Waals surface area contributed by atoms with Crippen LogP contribution in [0.4, 0.5) is 4.79 Å². The molecule has 1 rings (SSSR count). The number of rotatable bonds is 2. The first-order chi connectivity index (χ1) is 9.65. The van der Waals surface area contributed by atoms with Crippen molar-refractivity contribution in [2.24, 2.45) is 0 Å². The van der Waals surface area contributed by atoms with Crippen molar-refractivity contribution in [1.29, 1.82) is 0 Å². The summed E-state index contributed by atoms with van der Waals surface area (Å²) in [6.45, 7) is 9.84. The predicted octanol–water partition coefficient (Wildman–Crippen LogP) is 2.13. The van der Waals surface area contributed by atoms with Gasteiger partial charge in [-0.15, -0.1) is 0 Å². The molecule has 0 aromatic carbocycles. The molecule has 0 radical (unpaired) electrons. The van der Waals surface area contributed by atoms with Crippen molar-refractivity contribution in [3.63, 3.8) is 0 Å². The maximum Gasteiger partial charge on any atom is 0.410 e. The predicted molar refractivity (Wildman–Crippen MR) is 77.9 cm³/mol. The van der Waals surface area contributed by atoms with E-state index in [1.54, 1.807) is 17.9 Å². The van der Waals surface area contributed by atoms with Crippen LogP contribution in [0.1, 0.15) is 34.6 Å². The highest BCUT2D eigenvalue weighted by molar-refractivity contribution is 5.87. The van der Waals surface area contributed by atoms with Crippen molar-refractivity contribution in [3.8, 4) is 0 Å². The second kappa shape index (κ2) is 6.93. The molecule has 0 spiro atoms. The summed E-state index contributed by atoms with van der Waals surface area (Å²) in [6.07, 6.45) is 1.07. The number of morpholine rings is 1. The molecule has 1 aliphatic rings. The fourth-order valence-electron chi connectivity index (χ4n) is 2.08. The molecular weight excluding hydrogens is 274 g/mol. The lowest BCUT2D eigenvalue weighted by Crippen LogP contribution is -2.53. The minimum Gasteiger partial charge on any atom is -0.466 e. The second-order valence-electron chi connectivity index (χ2n) is 6.08. The Morgan fingerprint density at radius 1 is 1.33 bits per heavy atom. The molecule has 1 aliphatic heterocycles. The van der Waals surface area contributed by atoms with E-state index in [0.717, 1.165) is 0 Å². The minimum atomic E-state index is -0.565. The van der Waals surface area contributed by atoms with E-state index in [4.69, 9.17) is 9.47 Å². The van der Waals surface area contributed by atoms with Crippen LogP contribution in [0.15, 0.2) is 11.6 Å². The largest absolute Gasteiger partial charge is 0.466 e. The Hall–Kier alpha value is -1.56. The van der Waals surface area contributed by atoms with E-state index >= 15 is 0 Å². The van der Waals surface area contributed by atoms with Gasteiger partial charge in [-0.05, 0) is 40.7 Å². The van der Waals surface area contributed by atoms with E-state index in [9.17, 15) is 9.59 Å². The monoisotopic (exact) mass is 299 g/mol. The van der Waals surface area contributed by atoms with Gasteiger partial charge in [0.15, 0.2) is 0 Å². The highest BCUT2D eigenvalue weighted by Gasteiger charge is 2.34. The number of carbonyl (C=O) groups is 2. The summed E-state index contributed by atoms with van der Waals surface area (Å²) >= 11 is 0. The lowest BCUT2D eigenvalue weighted by Gasteiger charge is -2.39. The number of nitrogens with zero attached hydrogens (tertiary/aromatic N) is 1. The van der Waals surface area contributed by atoms with Gasteiger partial charge in [0.25, 0.3) is 0 Å². The number of amides is 1. The van der Waals surface area contributed by atoms with Gasteiger partial charge >= 0.3 is 12.1 Å². The third kappa shape index (κ3) is 5.04. The Kier molecular flexibility index (Phi) is 5.78. The minimum absolute atomic E-state index is 0.217. The molecular formula is C15H25NO5. The van der Waals surface area contributed by atoms with Crippen LogP contribution < -0.4 is 0 Å². The molecule has 0 aromatic heterocycles. The topological polar surface area (TPSA) is 65.1 Å². The molecule has 0 bridgehead atoms. The van der Waals surface area contributed by atoms with Crippen LogP contribution in [0.3, 0.4) is 0 Å². The van der Waals surface area contributed by atoms with Gasteiger partial charge in [0.2, 0.25) is 0 Å². The van der Waals surface area contributed by atoms with Crippen LogP contribution >= 0.6 is 0 Å². The number of hydrogen-bond acceptors (Lipinski definition) is 5. The standard InChI is InChI=1S/C15H25NO5/c1-10(13(17)19-6)9-12-11(2)20-8-7-16(12)14(18)21-15(3,4)5/h9,11-12H,7-8H2,1-6H3/t11-,12-/m1/s1. The average Bonchev–Trinajstić information content (AvgIpc) is 2.37. The average molecular weight is 299 g/mol. The summed E-state index contributed by atoms with van der Waals surface area (Å²) < 4.78 is 15.7. The van der Waals surface area contributed by atoms with E-state index in [-0.39, 0.29) is 12.1 Å². The van der Waals surface area contributed by atoms with Gasteiger partial charge in [0.05, 0.1) is 25.9 Å². The fraction of sp³-hybridized carbons (Fsp3) is 0.733. The first kappa shape index (κ1) is 17.5. The van der Waals surface area contributed by atoms with Crippen LogP contribution in [0.5, 0.6) is 0 Å². The molecule has 2 atom stereocenters. The number of ether oxygens (including phenoxy) is 3. The van der Waals surface area contributed by atoms with Gasteiger partial charge in [0.1, 0.15) is 5.60 Å². The van der Waals surface area contributed by atoms with E-state index in [1.807, 2.05) is 27.7 Å². The SMILES string of the molecule is COC(=O)C(C)=C[C@@H]1[C@@H](C)OCCN1C(=O)OC(C)(C)C. The Morgan fingerprint density at radius 3 is 2.48 bits per heavy atom. The molecule has 0 unspecified atom stereocenters. The maximum atomic E-state index is 12.3. The zero-order valence-electron chi connectivity index (χ0n) is 13.6. The molecule has 120 valence electrons. The molecule has 1 saturated heterocycles. The van der Waals surface area contributed by atoms with E-state index < -0.39 is 17.7 Å². The molecule has 6 heteroatoms. The molecule has 0 N–H and O–H groups in total. The normalized spacial score (nSPS) is 23.7. The van der Waals surface area contributed by atoms with Gasteiger partial charge in [-0.25, -0.2) is 9.59 Å². The van der Waals surface area contributed by atoms with Gasteiger partial charge < -0.3 is 14.2 Å². The Bertz CT molecular complexity index is 424. The van der Waals surface area contributed by atoms with Crippen LogP contribution in [0.2, 0.25) is 0 Å². The molecule has 0 saturated carbocycles.